The van der Waals surface area contributed by atoms with Crippen molar-refractivity contribution in [1.82, 2.24) is 0 Å². The van der Waals surface area contributed by atoms with E-state index in [1.807, 2.05) is 24.3 Å². The Morgan fingerprint density at radius 2 is 1.95 bits per heavy atom. The molecule has 0 atom stereocenters. The number of anilines is 1. The molecule has 1 aliphatic rings. The van der Waals surface area contributed by atoms with Gasteiger partial charge in [0.15, 0.2) is 4.32 Å². The van der Waals surface area contributed by atoms with Gasteiger partial charge < -0.3 is 0 Å². The molecule has 2 aromatic carbocycles. The van der Waals surface area contributed by atoms with Crippen molar-refractivity contribution >= 4 is 61.9 Å². The Morgan fingerprint density at radius 1 is 1.18 bits per heavy atom. The molecule has 0 unspecified atom stereocenters. The predicted octanol–water partition coefficient (Wildman–Crippen LogP) is 4.99. The van der Waals surface area contributed by atoms with Crippen LogP contribution >= 0.6 is 39.9 Å². The third kappa shape index (κ3) is 3.14. The Balaban J connectivity index is 1.95. The van der Waals surface area contributed by atoms with Crippen molar-refractivity contribution in [3.8, 4) is 0 Å². The van der Waals surface area contributed by atoms with Crippen LogP contribution in [0.25, 0.3) is 6.08 Å². The van der Waals surface area contributed by atoms with Crippen molar-refractivity contribution in [2.75, 3.05) is 4.90 Å². The number of benzene rings is 2. The predicted molar refractivity (Wildman–Crippen MR) is 96.2 cm³/mol. The Kier molecular flexibility index (Phi) is 4.42. The van der Waals surface area contributed by atoms with Gasteiger partial charge in [-0.2, -0.15) is 0 Å². The van der Waals surface area contributed by atoms with Crippen molar-refractivity contribution in [3.63, 3.8) is 0 Å². The van der Waals surface area contributed by atoms with Gasteiger partial charge in [-0.25, -0.2) is 4.39 Å². The molecule has 1 saturated heterocycles. The number of halogens is 2. The fourth-order valence-electron chi connectivity index (χ4n) is 2.05. The summed E-state index contributed by atoms with van der Waals surface area (Å²) in [6.45, 7) is 0. The van der Waals surface area contributed by atoms with E-state index in [4.69, 9.17) is 12.2 Å². The molecule has 1 fully saturated rings. The first-order valence-electron chi connectivity index (χ1n) is 6.34. The Morgan fingerprint density at radius 3 is 2.68 bits per heavy atom. The third-order valence-corrected chi connectivity index (χ3v) is 4.80. The molecule has 22 heavy (non-hydrogen) atoms. The monoisotopic (exact) mass is 393 g/mol. The van der Waals surface area contributed by atoms with Crippen LogP contribution in [0.3, 0.4) is 0 Å². The van der Waals surface area contributed by atoms with Gasteiger partial charge in [0.2, 0.25) is 0 Å². The number of thiocarbonyl (C=S) groups is 1. The zero-order chi connectivity index (χ0) is 15.7. The molecule has 2 aromatic rings. The summed E-state index contributed by atoms with van der Waals surface area (Å²) in [6, 6.07) is 13.5. The Labute approximate surface area is 145 Å². The Hall–Kier alpha value is -1.50. The van der Waals surface area contributed by atoms with Crippen LogP contribution in [0.5, 0.6) is 0 Å². The van der Waals surface area contributed by atoms with Crippen LogP contribution in [0.1, 0.15) is 5.56 Å². The first-order valence-corrected chi connectivity index (χ1v) is 8.35. The number of thioether (sulfide) groups is 1. The highest BCUT2D eigenvalue weighted by atomic mass is 79.9. The maximum Gasteiger partial charge on any atom is 0.270 e. The highest BCUT2D eigenvalue weighted by Crippen LogP contribution is 2.36. The first-order chi connectivity index (χ1) is 10.5. The molecule has 0 N–H and O–H groups in total. The molecule has 0 bridgehead atoms. The molecule has 2 nitrogen and oxygen atoms in total. The number of amides is 1. The zero-order valence-electron chi connectivity index (χ0n) is 11.1. The highest BCUT2D eigenvalue weighted by molar-refractivity contribution is 9.10. The number of hydrogen-bond acceptors (Lipinski definition) is 3. The topological polar surface area (TPSA) is 20.3 Å². The van der Waals surface area contributed by atoms with E-state index >= 15 is 0 Å². The molecule has 0 aliphatic carbocycles. The lowest BCUT2D eigenvalue weighted by Crippen LogP contribution is -2.27. The molecular weight excluding hydrogens is 385 g/mol. The van der Waals surface area contributed by atoms with E-state index in [0.29, 0.717) is 20.5 Å². The van der Waals surface area contributed by atoms with Gasteiger partial charge in [0, 0.05) is 4.47 Å². The van der Waals surface area contributed by atoms with Crippen molar-refractivity contribution in [2.24, 2.45) is 0 Å². The summed E-state index contributed by atoms with van der Waals surface area (Å²) in [6.07, 6.45) is 1.65. The molecule has 6 heteroatoms. The standard InChI is InChI=1S/C16H9BrFNOS2/c17-11-4-2-6-13(9-11)19-15(20)14(22-16(19)21)8-10-3-1-5-12(18)7-10/h1-9H/b14-8+. The zero-order valence-corrected chi connectivity index (χ0v) is 14.3. The minimum absolute atomic E-state index is 0.197. The lowest BCUT2D eigenvalue weighted by atomic mass is 10.2. The SMILES string of the molecule is O=C1/C(=C\c2cccc(F)c2)SC(=S)N1c1cccc(Br)c1. The minimum Gasteiger partial charge on any atom is -0.268 e. The van der Waals surface area contributed by atoms with E-state index in [-0.39, 0.29) is 11.7 Å². The van der Waals surface area contributed by atoms with E-state index in [1.165, 1.54) is 28.8 Å². The second kappa shape index (κ2) is 6.32. The molecular formula is C16H9BrFNOS2. The van der Waals surface area contributed by atoms with Gasteiger partial charge >= 0.3 is 0 Å². The van der Waals surface area contributed by atoms with Crippen LogP contribution in [-0.2, 0) is 4.79 Å². The quantitative estimate of drug-likeness (QED) is 0.529. The van der Waals surface area contributed by atoms with E-state index < -0.39 is 0 Å². The fraction of sp³-hybridized carbons (Fsp3) is 0. The summed E-state index contributed by atoms with van der Waals surface area (Å²) < 4.78 is 14.6. The molecule has 1 aliphatic heterocycles. The average Bonchev–Trinajstić information content (AvgIpc) is 2.73. The molecule has 1 heterocycles. The number of hydrogen-bond donors (Lipinski definition) is 0. The molecule has 110 valence electrons. The van der Waals surface area contributed by atoms with Gasteiger partial charge in [-0.05, 0) is 42.0 Å². The second-order valence-electron chi connectivity index (χ2n) is 4.55. The van der Waals surface area contributed by atoms with Gasteiger partial charge in [0.25, 0.3) is 5.91 Å². The van der Waals surface area contributed by atoms with Gasteiger partial charge in [-0.1, -0.05) is 58.1 Å². The van der Waals surface area contributed by atoms with Crippen molar-refractivity contribution in [2.45, 2.75) is 0 Å². The fourth-order valence-corrected chi connectivity index (χ4v) is 3.74. The first kappa shape index (κ1) is 15.4. The lowest BCUT2D eigenvalue weighted by Gasteiger charge is -2.14. The van der Waals surface area contributed by atoms with Crippen LogP contribution in [-0.4, -0.2) is 10.2 Å². The van der Waals surface area contributed by atoms with Crippen LogP contribution in [0.2, 0.25) is 0 Å². The Bertz CT molecular complexity index is 806. The highest BCUT2D eigenvalue weighted by Gasteiger charge is 2.33. The molecule has 1 amide bonds. The normalized spacial score (nSPS) is 16.6. The largest absolute Gasteiger partial charge is 0.270 e. The summed E-state index contributed by atoms with van der Waals surface area (Å²) in [5.41, 5.74) is 1.34. The summed E-state index contributed by atoms with van der Waals surface area (Å²) in [5, 5.41) is 0. The van der Waals surface area contributed by atoms with Gasteiger partial charge in [0.1, 0.15) is 5.82 Å². The molecule has 0 saturated carbocycles. The van der Waals surface area contributed by atoms with Gasteiger partial charge in [0.05, 0.1) is 10.6 Å². The van der Waals surface area contributed by atoms with Crippen LogP contribution in [0.15, 0.2) is 57.9 Å². The van der Waals surface area contributed by atoms with E-state index in [1.54, 1.807) is 18.2 Å². The number of nitrogens with zero attached hydrogens (tertiary/aromatic N) is 1. The van der Waals surface area contributed by atoms with Crippen LogP contribution in [0.4, 0.5) is 10.1 Å². The molecule has 0 aromatic heterocycles. The maximum atomic E-state index is 13.2. The van der Waals surface area contributed by atoms with Gasteiger partial charge in [-0.15, -0.1) is 0 Å². The molecule has 0 radical (unpaired) electrons. The van der Waals surface area contributed by atoms with E-state index in [9.17, 15) is 9.18 Å². The summed E-state index contributed by atoms with van der Waals surface area (Å²) in [5.74, 6) is -0.534. The average molecular weight is 394 g/mol. The number of rotatable bonds is 2. The maximum absolute atomic E-state index is 13.2. The third-order valence-electron chi connectivity index (χ3n) is 3.01. The summed E-state index contributed by atoms with van der Waals surface area (Å²) in [4.78, 5) is 14.5. The van der Waals surface area contributed by atoms with E-state index in [2.05, 4.69) is 15.9 Å². The molecule has 0 spiro atoms. The minimum atomic E-state index is -0.337. The van der Waals surface area contributed by atoms with Crippen LogP contribution in [0, 0.1) is 5.82 Å². The van der Waals surface area contributed by atoms with Crippen molar-refractivity contribution in [3.05, 3.63) is 69.3 Å². The van der Waals surface area contributed by atoms with Crippen molar-refractivity contribution in [1.29, 1.82) is 0 Å². The molecule has 3 rings (SSSR count). The van der Waals surface area contributed by atoms with Crippen LogP contribution < -0.4 is 4.90 Å². The van der Waals surface area contributed by atoms with Gasteiger partial charge in [-0.3, -0.25) is 9.69 Å². The van der Waals surface area contributed by atoms with Crippen molar-refractivity contribution < 1.29 is 9.18 Å². The van der Waals surface area contributed by atoms with E-state index in [0.717, 1.165) is 4.47 Å². The second-order valence-corrected chi connectivity index (χ2v) is 7.14. The smallest absolute Gasteiger partial charge is 0.268 e. The number of carbonyl (C=O) groups excluding carboxylic acids is 1. The number of carbonyl (C=O) groups is 1. The summed E-state index contributed by atoms with van der Waals surface area (Å²) in [7, 11) is 0. The summed E-state index contributed by atoms with van der Waals surface area (Å²) >= 11 is 9.90. The lowest BCUT2D eigenvalue weighted by molar-refractivity contribution is -0.113.